The molecular formula is C13H26BrNO2. The van der Waals surface area contributed by atoms with Crippen molar-refractivity contribution in [1.82, 2.24) is 4.90 Å². The number of ether oxygens (including phenoxy) is 2. The maximum Gasteiger partial charge on any atom is 0.0593 e. The lowest BCUT2D eigenvalue weighted by Gasteiger charge is -2.33. The third-order valence-electron chi connectivity index (χ3n) is 3.47. The zero-order valence-electron chi connectivity index (χ0n) is 11.2. The van der Waals surface area contributed by atoms with Gasteiger partial charge in [0, 0.05) is 31.7 Å². The third kappa shape index (κ3) is 6.75. The zero-order chi connectivity index (χ0) is 12.5. The first-order valence-electron chi connectivity index (χ1n) is 6.67. The van der Waals surface area contributed by atoms with Gasteiger partial charge in [0.2, 0.25) is 0 Å². The molecule has 102 valence electrons. The van der Waals surface area contributed by atoms with Crippen molar-refractivity contribution in [2.24, 2.45) is 5.92 Å². The predicted molar refractivity (Wildman–Crippen MR) is 74.9 cm³/mol. The van der Waals surface area contributed by atoms with Crippen molar-refractivity contribution in [2.45, 2.75) is 31.0 Å². The van der Waals surface area contributed by atoms with Crippen molar-refractivity contribution in [1.29, 1.82) is 0 Å². The molecule has 4 heteroatoms. The van der Waals surface area contributed by atoms with Crippen LogP contribution in [0, 0.1) is 5.92 Å². The largest absolute Gasteiger partial charge is 0.385 e. The molecule has 0 bridgehead atoms. The van der Waals surface area contributed by atoms with Gasteiger partial charge in [-0.05, 0) is 38.3 Å². The Morgan fingerprint density at radius 3 is 2.53 bits per heavy atom. The Kier molecular flexibility index (Phi) is 8.44. The molecule has 1 atom stereocenters. The van der Waals surface area contributed by atoms with Gasteiger partial charge in [-0.25, -0.2) is 0 Å². The number of likely N-dealkylation sites (tertiary alicyclic amines) is 1. The fraction of sp³-hybridized carbons (Fsp3) is 1.00. The second-order valence-corrected chi connectivity index (χ2v) is 6.26. The van der Waals surface area contributed by atoms with Crippen LogP contribution >= 0.6 is 15.9 Å². The fourth-order valence-electron chi connectivity index (χ4n) is 2.24. The van der Waals surface area contributed by atoms with Crippen LogP contribution in [0.1, 0.15) is 26.2 Å². The third-order valence-corrected chi connectivity index (χ3v) is 4.22. The van der Waals surface area contributed by atoms with E-state index in [-0.39, 0.29) is 0 Å². The highest BCUT2D eigenvalue weighted by molar-refractivity contribution is 9.09. The maximum absolute atomic E-state index is 5.58. The molecular weight excluding hydrogens is 282 g/mol. The summed E-state index contributed by atoms with van der Waals surface area (Å²) in [6.07, 6.45) is 3.63. The molecule has 1 unspecified atom stereocenters. The fourth-order valence-corrected chi connectivity index (χ4v) is 2.77. The van der Waals surface area contributed by atoms with Gasteiger partial charge in [-0.3, -0.25) is 0 Å². The Bertz CT molecular complexity index is 182. The summed E-state index contributed by atoms with van der Waals surface area (Å²) in [7, 11) is 1.73. The minimum Gasteiger partial charge on any atom is -0.385 e. The van der Waals surface area contributed by atoms with Crippen LogP contribution in [0.2, 0.25) is 0 Å². The Labute approximate surface area is 114 Å². The van der Waals surface area contributed by atoms with Crippen LogP contribution in [0.25, 0.3) is 0 Å². The van der Waals surface area contributed by atoms with E-state index >= 15 is 0 Å². The summed E-state index contributed by atoms with van der Waals surface area (Å²) in [4.78, 5) is 3.18. The topological polar surface area (TPSA) is 21.7 Å². The van der Waals surface area contributed by atoms with Gasteiger partial charge in [0.05, 0.1) is 6.61 Å². The normalized spacial score (nSPS) is 20.6. The maximum atomic E-state index is 5.58. The van der Waals surface area contributed by atoms with Crippen LogP contribution in [0.5, 0.6) is 0 Å². The van der Waals surface area contributed by atoms with Crippen LogP contribution in [0.4, 0.5) is 0 Å². The number of methoxy groups -OCH3 is 1. The molecule has 0 aromatic carbocycles. The number of halogens is 1. The van der Waals surface area contributed by atoms with Gasteiger partial charge in [0.25, 0.3) is 0 Å². The molecule has 1 fully saturated rings. The van der Waals surface area contributed by atoms with E-state index in [1.807, 2.05) is 0 Å². The summed E-state index contributed by atoms with van der Waals surface area (Å²) in [6.45, 7) is 8.27. The zero-order valence-corrected chi connectivity index (χ0v) is 12.7. The standard InChI is InChI=1S/C13H26BrNO2/c1-12(14)13-4-6-15(7-5-13)8-11-17-10-3-9-16-2/h12-13H,3-11H2,1-2H3. The van der Waals surface area contributed by atoms with E-state index in [4.69, 9.17) is 9.47 Å². The van der Waals surface area contributed by atoms with E-state index in [1.54, 1.807) is 7.11 Å². The first-order chi connectivity index (χ1) is 8.24. The van der Waals surface area contributed by atoms with Gasteiger partial charge in [0.15, 0.2) is 0 Å². The number of hydrogen-bond donors (Lipinski definition) is 0. The smallest absolute Gasteiger partial charge is 0.0593 e. The highest BCUT2D eigenvalue weighted by atomic mass is 79.9. The molecule has 3 nitrogen and oxygen atoms in total. The van der Waals surface area contributed by atoms with Crippen molar-refractivity contribution in [3.8, 4) is 0 Å². The highest BCUT2D eigenvalue weighted by Crippen LogP contribution is 2.24. The van der Waals surface area contributed by atoms with Gasteiger partial charge in [-0.15, -0.1) is 0 Å². The summed E-state index contributed by atoms with van der Waals surface area (Å²) in [5.41, 5.74) is 0. The molecule has 0 amide bonds. The Balaban J connectivity index is 1.95. The first-order valence-corrected chi connectivity index (χ1v) is 7.58. The number of piperidine rings is 1. The van der Waals surface area contributed by atoms with Crippen LogP contribution in [-0.2, 0) is 9.47 Å². The molecule has 1 saturated heterocycles. The summed E-state index contributed by atoms with van der Waals surface area (Å²) in [5.74, 6) is 0.855. The number of rotatable bonds is 8. The molecule has 0 aromatic heterocycles. The number of nitrogens with zero attached hydrogens (tertiary/aromatic N) is 1. The van der Waals surface area contributed by atoms with Crippen molar-refractivity contribution in [2.75, 3.05) is 46.6 Å². The van der Waals surface area contributed by atoms with E-state index in [1.165, 1.54) is 25.9 Å². The van der Waals surface area contributed by atoms with Crippen molar-refractivity contribution in [3.05, 3.63) is 0 Å². The van der Waals surface area contributed by atoms with E-state index in [0.717, 1.165) is 38.7 Å². The van der Waals surface area contributed by atoms with E-state index in [9.17, 15) is 0 Å². The quantitative estimate of drug-likeness (QED) is 0.508. The van der Waals surface area contributed by atoms with E-state index in [0.29, 0.717) is 4.83 Å². The minimum atomic E-state index is 0.662. The number of hydrogen-bond acceptors (Lipinski definition) is 3. The molecule has 0 aromatic rings. The second-order valence-electron chi connectivity index (χ2n) is 4.82. The molecule has 1 aliphatic rings. The highest BCUT2D eigenvalue weighted by Gasteiger charge is 2.21. The van der Waals surface area contributed by atoms with Gasteiger partial charge >= 0.3 is 0 Å². The molecule has 0 radical (unpaired) electrons. The molecule has 1 rings (SSSR count). The predicted octanol–water partition coefficient (Wildman–Crippen LogP) is 2.53. The van der Waals surface area contributed by atoms with Crippen LogP contribution in [-0.4, -0.2) is 56.3 Å². The van der Waals surface area contributed by atoms with Crippen molar-refractivity contribution >= 4 is 15.9 Å². The number of alkyl halides is 1. The molecule has 0 saturated carbocycles. The summed E-state index contributed by atoms with van der Waals surface area (Å²) < 4.78 is 10.6. The molecule has 17 heavy (non-hydrogen) atoms. The van der Waals surface area contributed by atoms with Gasteiger partial charge < -0.3 is 14.4 Å². The average Bonchev–Trinajstić information content (AvgIpc) is 2.34. The Hall–Kier alpha value is 0.360. The SMILES string of the molecule is COCCCOCCN1CCC(C(C)Br)CC1. The van der Waals surface area contributed by atoms with Crippen LogP contribution < -0.4 is 0 Å². The Morgan fingerprint density at radius 2 is 1.94 bits per heavy atom. The van der Waals surface area contributed by atoms with Crippen molar-refractivity contribution < 1.29 is 9.47 Å². The monoisotopic (exact) mass is 307 g/mol. The van der Waals surface area contributed by atoms with Crippen molar-refractivity contribution in [3.63, 3.8) is 0 Å². The van der Waals surface area contributed by atoms with E-state index < -0.39 is 0 Å². The molecule has 1 aliphatic heterocycles. The lowest BCUT2D eigenvalue weighted by Crippen LogP contribution is -2.37. The molecule has 0 spiro atoms. The summed E-state index contributed by atoms with van der Waals surface area (Å²) in [6, 6.07) is 0. The first kappa shape index (κ1) is 15.4. The van der Waals surface area contributed by atoms with Gasteiger partial charge in [-0.2, -0.15) is 0 Å². The molecule has 0 aliphatic carbocycles. The lowest BCUT2D eigenvalue weighted by molar-refractivity contribution is 0.0740. The van der Waals surface area contributed by atoms with Gasteiger partial charge in [-0.1, -0.05) is 22.9 Å². The summed E-state index contributed by atoms with van der Waals surface area (Å²) >= 11 is 3.69. The Morgan fingerprint density at radius 1 is 1.24 bits per heavy atom. The average molecular weight is 308 g/mol. The minimum absolute atomic E-state index is 0.662. The second kappa shape index (κ2) is 9.31. The van der Waals surface area contributed by atoms with Gasteiger partial charge in [0.1, 0.15) is 0 Å². The van der Waals surface area contributed by atoms with Crippen LogP contribution in [0.3, 0.4) is 0 Å². The van der Waals surface area contributed by atoms with E-state index in [2.05, 4.69) is 27.8 Å². The molecule has 0 N–H and O–H groups in total. The molecule has 1 heterocycles. The summed E-state index contributed by atoms with van der Waals surface area (Å²) in [5, 5.41) is 0. The van der Waals surface area contributed by atoms with Crippen LogP contribution in [0.15, 0.2) is 0 Å². The lowest BCUT2D eigenvalue weighted by atomic mass is 9.94.